The lowest BCUT2D eigenvalue weighted by molar-refractivity contribution is 0.495. The molecule has 1 unspecified atom stereocenters. The zero-order chi connectivity index (χ0) is 13.0. The molecule has 2 rings (SSSR count). The summed E-state index contributed by atoms with van der Waals surface area (Å²) in [6, 6.07) is 19.1. The summed E-state index contributed by atoms with van der Waals surface area (Å²) >= 11 is 5.90. The third kappa shape index (κ3) is 3.34. The van der Waals surface area contributed by atoms with Crippen LogP contribution in [0.15, 0.2) is 54.6 Å². The molecule has 0 aromatic heterocycles. The molecule has 1 N–H and O–H groups in total. The number of nitrogens with one attached hydrogen (secondary N) is 1. The van der Waals surface area contributed by atoms with E-state index in [2.05, 4.69) is 55.6 Å². The number of benzene rings is 2. The van der Waals surface area contributed by atoms with Gasteiger partial charge in [-0.1, -0.05) is 54.1 Å². The summed E-state index contributed by atoms with van der Waals surface area (Å²) in [5, 5.41) is 4.37. The van der Waals surface area contributed by atoms with E-state index in [0.29, 0.717) is 12.1 Å². The molecule has 0 aliphatic heterocycles. The van der Waals surface area contributed by atoms with Gasteiger partial charge in [0.05, 0.1) is 0 Å². The smallest absolute Gasteiger partial charge is 0.0406 e. The van der Waals surface area contributed by atoms with Crippen molar-refractivity contribution in [2.24, 2.45) is 0 Å². The summed E-state index contributed by atoms with van der Waals surface area (Å²) in [6.45, 7) is 4.35. The Bertz CT molecular complexity index is 478. The first-order chi connectivity index (χ1) is 8.66. The maximum absolute atomic E-state index is 5.90. The normalized spacial score (nSPS) is 14.2. The maximum Gasteiger partial charge on any atom is 0.0406 e. The summed E-state index contributed by atoms with van der Waals surface area (Å²) in [6.07, 6.45) is 0. The van der Waals surface area contributed by atoms with E-state index in [1.54, 1.807) is 0 Å². The second kappa shape index (κ2) is 6.03. The molecular weight excluding hydrogens is 242 g/mol. The van der Waals surface area contributed by atoms with E-state index in [9.17, 15) is 0 Å². The molecule has 0 spiro atoms. The van der Waals surface area contributed by atoms with Gasteiger partial charge in [0, 0.05) is 17.1 Å². The molecule has 0 amide bonds. The molecule has 0 saturated carbocycles. The zero-order valence-corrected chi connectivity index (χ0v) is 11.5. The fourth-order valence-electron chi connectivity index (χ4n) is 2.06. The second-order valence-electron chi connectivity index (χ2n) is 4.57. The van der Waals surface area contributed by atoms with Gasteiger partial charge in [-0.2, -0.15) is 0 Å². The van der Waals surface area contributed by atoms with Crippen molar-refractivity contribution in [3.63, 3.8) is 0 Å². The lowest BCUT2D eigenvalue weighted by Gasteiger charge is -2.20. The Kier molecular flexibility index (Phi) is 4.40. The van der Waals surface area contributed by atoms with Crippen molar-refractivity contribution in [3.05, 3.63) is 70.7 Å². The van der Waals surface area contributed by atoms with Gasteiger partial charge in [-0.05, 0) is 37.1 Å². The lowest BCUT2D eigenvalue weighted by Crippen LogP contribution is -2.22. The number of hydrogen-bond acceptors (Lipinski definition) is 1. The fraction of sp³-hybridized carbons (Fsp3) is 0.250. The van der Waals surface area contributed by atoms with Crippen LogP contribution in [0, 0.1) is 0 Å². The molecule has 1 nitrogen and oxygen atoms in total. The van der Waals surface area contributed by atoms with Gasteiger partial charge in [0.15, 0.2) is 0 Å². The zero-order valence-electron chi connectivity index (χ0n) is 10.7. The number of halogens is 1. The van der Waals surface area contributed by atoms with Crippen molar-refractivity contribution in [3.8, 4) is 0 Å². The minimum absolute atomic E-state index is 0.303. The van der Waals surface area contributed by atoms with Crippen LogP contribution in [0.3, 0.4) is 0 Å². The molecule has 0 fully saturated rings. The third-order valence-corrected chi connectivity index (χ3v) is 3.42. The average molecular weight is 260 g/mol. The van der Waals surface area contributed by atoms with Crippen molar-refractivity contribution in [1.82, 2.24) is 5.32 Å². The molecule has 2 atom stereocenters. The molecule has 0 aliphatic rings. The van der Waals surface area contributed by atoms with Gasteiger partial charge in [-0.3, -0.25) is 0 Å². The molecule has 2 aromatic carbocycles. The number of hydrogen-bond donors (Lipinski definition) is 1. The molecule has 0 bridgehead atoms. The molecule has 0 radical (unpaired) electrons. The van der Waals surface area contributed by atoms with Crippen molar-refractivity contribution >= 4 is 11.6 Å². The highest BCUT2D eigenvalue weighted by Crippen LogP contribution is 2.20. The standard InChI is InChI=1S/C16H18ClN/c1-12(14-6-4-3-5-7-14)18-13(2)15-8-10-16(17)11-9-15/h3-13,18H,1-2H3/t12?,13-/m1/s1. The summed E-state index contributed by atoms with van der Waals surface area (Å²) in [7, 11) is 0. The first-order valence-corrected chi connectivity index (χ1v) is 6.61. The van der Waals surface area contributed by atoms with E-state index in [-0.39, 0.29) is 0 Å². The minimum Gasteiger partial charge on any atom is -0.304 e. The average Bonchev–Trinajstić information content (AvgIpc) is 2.40. The molecule has 0 heterocycles. The highest BCUT2D eigenvalue weighted by Gasteiger charge is 2.10. The highest BCUT2D eigenvalue weighted by atomic mass is 35.5. The van der Waals surface area contributed by atoms with Gasteiger partial charge in [0.2, 0.25) is 0 Å². The predicted octanol–water partition coefficient (Wildman–Crippen LogP) is 4.75. The van der Waals surface area contributed by atoms with Crippen LogP contribution in [-0.4, -0.2) is 0 Å². The molecular formula is C16H18ClN. The van der Waals surface area contributed by atoms with Crippen LogP contribution < -0.4 is 5.32 Å². The topological polar surface area (TPSA) is 12.0 Å². The molecule has 2 heteroatoms. The SMILES string of the molecule is CC(N[C@H](C)c1ccc(Cl)cc1)c1ccccc1. The van der Waals surface area contributed by atoms with Gasteiger partial charge in [0.1, 0.15) is 0 Å². The summed E-state index contributed by atoms with van der Waals surface area (Å²) < 4.78 is 0. The lowest BCUT2D eigenvalue weighted by atomic mass is 10.0. The minimum atomic E-state index is 0.303. The summed E-state index contributed by atoms with van der Waals surface area (Å²) in [4.78, 5) is 0. The Morgan fingerprint density at radius 3 is 1.83 bits per heavy atom. The third-order valence-electron chi connectivity index (χ3n) is 3.17. The van der Waals surface area contributed by atoms with Crippen LogP contribution >= 0.6 is 11.6 Å². The van der Waals surface area contributed by atoms with Crippen LogP contribution in [-0.2, 0) is 0 Å². The predicted molar refractivity (Wildman–Crippen MR) is 77.9 cm³/mol. The van der Waals surface area contributed by atoms with Crippen LogP contribution in [0.4, 0.5) is 0 Å². The fourth-order valence-corrected chi connectivity index (χ4v) is 2.19. The van der Waals surface area contributed by atoms with E-state index in [1.165, 1.54) is 11.1 Å². The van der Waals surface area contributed by atoms with Crippen molar-refractivity contribution in [2.45, 2.75) is 25.9 Å². The quantitative estimate of drug-likeness (QED) is 0.835. The molecule has 0 saturated heterocycles. The van der Waals surface area contributed by atoms with E-state index >= 15 is 0 Å². The van der Waals surface area contributed by atoms with Crippen LogP contribution in [0.25, 0.3) is 0 Å². The second-order valence-corrected chi connectivity index (χ2v) is 5.01. The Morgan fingerprint density at radius 2 is 1.28 bits per heavy atom. The summed E-state index contributed by atoms with van der Waals surface area (Å²) in [5.41, 5.74) is 2.56. The van der Waals surface area contributed by atoms with E-state index in [4.69, 9.17) is 11.6 Å². The maximum atomic E-state index is 5.90. The first kappa shape index (κ1) is 13.1. The van der Waals surface area contributed by atoms with Crippen LogP contribution in [0.2, 0.25) is 5.02 Å². The van der Waals surface area contributed by atoms with Gasteiger partial charge in [-0.25, -0.2) is 0 Å². The van der Waals surface area contributed by atoms with Crippen molar-refractivity contribution < 1.29 is 0 Å². The first-order valence-electron chi connectivity index (χ1n) is 6.23. The largest absolute Gasteiger partial charge is 0.304 e. The van der Waals surface area contributed by atoms with E-state index < -0.39 is 0 Å². The monoisotopic (exact) mass is 259 g/mol. The number of rotatable bonds is 4. The molecule has 2 aromatic rings. The molecule has 18 heavy (non-hydrogen) atoms. The Balaban J connectivity index is 2.03. The summed E-state index contributed by atoms with van der Waals surface area (Å²) in [5.74, 6) is 0. The van der Waals surface area contributed by atoms with E-state index in [0.717, 1.165) is 5.02 Å². The highest BCUT2D eigenvalue weighted by molar-refractivity contribution is 6.30. The van der Waals surface area contributed by atoms with Crippen LogP contribution in [0.1, 0.15) is 37.1 Å². The van der Waals surface area contributed by atoms with Gasteiger partial charge >= 0.3 is 0 Å². The Labute approximate surface area is 114 Å². The van der Waals surface area contributed by atoms with Gasteiger partial charge in [-0.15, -0.1) is 0 Å². The molecule has 94 valence electrons. The van der Waals surface area contributed by atoms with E-state index in [1.807, 2.05) is 18.2 Å². The van der Waals surface area contributed by atoms with Crippen molar-refractivity contribution in [1.29, 1.82) is 0 Å². The van der Waals surface area contributed by atoms with Crippen LogP contribution in [0.5, 0.6) is 0 Å². The van der Waals surface area contributed by atoms with Gasteiger partial charge < -0.3 is 5.32 Å². The van der Waals surface area contributed by atoms with Gasteiger partial charge in [0.25, 0.3) is 0 Å². The van der Waals surface area contributed by atoms with Crippen molar-refractivity contribution in [2.75, 3.05) is 0 Å². The Hall–Kier alpha value is -1.31. The Morgan fingerprint density at radius 1 is 0.778 bits per heavy atom. The molecule has 0 aliphatic carbocycles.